The SMILES string of the molecule is C=C(C)CC=CCC(CCCC)CC(C)C. The van der Waals surface area contributed by atoms with Crippen molar-refractivity contribution < 1.29 is 0 Å². The lowest BCUT2D eigenvalue weighted by atomic mass is 9.89. The zero-order valence-electron chi connectivity index (χ0n) is 11.8. The molecule has 0 spiro atoms. The minimum atomic E-state index is 0.830. The van der Waals surface area contributed by atoms with Crippen LogP contribution in [0.4, 0.5) is 0 Å². The Bertz CT molecular complexity index is 198. The van der Waals surface area contributed by atoms with E-state index in [0.717, 1.165) is 18.3 Å². The first-order valence-electron chi connectivity index (χ1n) is 6.85. The second-order valence-corrected chi connectivity index (χ2v) is 5.51. The van der Waals surface area contributed by atoms with E-state index in [-0.39, 0.29) is 0 Å². The van der Waals surface area contributed by atoms with E-state index in [9.17, 15) is 0 Å². The van der Waals surface area contributed by atoms with Gasteiger partial charge in [-0.2, -0.15) is 0 Å². The summed E-state index contributed by atoms with van der Waals surface area (Å²) in [5.41, 5.74) is 1.25. The van der Waals surface area contributed by atoms with Crippen LogP contribution in [0.15, 0.2) is 24.3 Å². The summed E-state index contributed by atoms with van der Waals surface area (Å²) in [6.07, 6.45) is 12.4. The van der Waals surface area contributed by atoms with Crippen molar-refractivity contribution >= 4 is 0 Å². The van der Waals surface area contributed by atoms with E-state index >= 15 is 0 Å². The summed E-state index contributed by atoms with van der Waals surface area (Å²) in [4.78, 5) is 0. The van der Waals surface area contributed by atoms with Crippen LogP contribution in [0.3, 0.4) is 0 Å². The summed E-state index contributed by atoms with van der Waals surface area (Å²) in [7, 11) is 0. The van der Waals surface area contributed by atoms with Crippen molar-refractivity contribution in [2.24, 2.45) is 11.8 Å². The first-order chi connectivity index (χ1) is 7.56. The second kappa shape index (κ2) is 9.69. The molecule has 0 heterocycles. The molecule has 0 radical (unpaired) electrons. The minimum absolute atomic E-state index is 0.830. The highest BCUT2D eigenvalue weighted by atomic mass is 14.1. The van der Waals surface area contributed by atoms with E-state index in [2.05, 4.69) is 46.4 Å². The third-order valence-corrected chi connectivity index (χ3v) is 2.87. The first-order valence-corrected chi connectivity index (χ1v) is 6.85. The van der Waals surface area contributed by atoms with Crippen LogP contribution in [-0.2, 0) is 0 Å². The van der Waals surface area contributed by atoms with Crippen LogP contribution in [0.2, 0.25) is 0 Å². The summed E-state index contributed by atoms with van der Waals surface area (Å²) in [6, 6.07) is 0. The van der Waals surface area contributed by atoms with Gasteiger partial charge in [0.15, 0.2) is 0 Å². The normalized spacial score (nSPS) is 13.6. The van der Waals surface area contributed by atoms with E-state index in [1.807, 2.05) is 0 Å². The fourth-order valence-corrected chi connectivity index (χ4v) is 2.06. The van der Waals surface area contributed by atoms with Crippen molar-refractivity contribution in [3.05, 3.63) is 24.3 Å². The fraction of sp³-hybridized carbons (Fsp3) is 0.750. The van der Waals surface area contributed by atoms with Crippen molar-refractivity contribution in [1.29, 1.82) is 0 Å². The van der Waals surface area contributed by atoms with Gasteiger partial charge in [-0.15, -0.1) is 0 Å². The molecule has 1 unspecified atom stereocenters. The Labute approximate surface area is 103 Å². The molecule has 0 bridgehead atoms. The van der Waals surface area contributed by atoms with Gasteiger partial charge in [-0.1, -0.05) is 64.3 Å². The Morgan fingerprint density at radius 3 is 2.44 bits per heavy atom. The molecular formula is C16H30. The van der Waals surface area contributed by atoms with Crippen molar-refractivity contribution in [1.82, 2.24) is 0 Å². The lowest BCUT2D eigenvalue weighted by Crippen LogP contribution is -2.03. The molecule has 0 saturated carbocycles. The maximum absolute atomic E-state index is 3.92. The summed E-state index contributed by atoms with van der Waals surface area (Å²) in [5.74, 6) is 1.72. The summed E-state index contributed by atoms with van der Waals surface area (Å²) in [6.45, 7) is 12.9. The average molecular weight is 222 g/mol. The average Bonchev–Trinajstić information content (AvgIpc) is 2.19. The molecule has 0 aromatic rings. The summed E-state index contributed by atoms with van der Waals surface area (Å²) in [5, 5.41) is 0. The van der Waals surface area contributed by atoms with Gasteiger partial charge < -0.3 is 0 Å². The number of unbranched alkanes of at least 4 members (excludes halogenated alkanes) is 1. The molecule has 0 aliphatic rings. The lowest BCUT2D eigenvalue weighted by Gasteiger charge is -2.16. The molecule has 0 nitrogen and oxygen atoms in total. The number of allylic oxidation sites excluding steroid dienone is 3. The van der Waals surface area contributed by atoms with Gasteiger partial charge >= 0.3 is 0 Å². The van der Waals surface area contributed by atoms with Gasteiger partial charge in [0.25, 0.3) is 0 Å². The summed E-state index contributed by atoms with van der Waals surface area (Å²) < 4.78 is 0. The van der Waals surface area contributed by atoms with Crippen molar-refractivity contribution in [3.63, 3.8) is 0 Å². The van der Waals surface area contributed by atoms with Crippen molar-refractivity contribution in [3.8, 4) is 0 Å². The van der Waals surface area contributed by atoms with E-state index in [0.29, 0.717) is 0 Å². The minimum Gasteiger partial charge on any atom is -0.0998 e. The third kappa shape index (κ3) is 10.0. The predicted octanol–water partition coefficient (Wildman–Crippen LogP) is 5.75. The summed E-state index contributed by atoms with van der Waals surface area (Å²) >= 11 is 0. The van der Waals surface area contributed by atoms with E-state index in [4.69, 9.17) is 0 Å². The second-order valence-electron chi connectivity index (χ2n) is 5.51. The molecule has 0 heteroatoms. The van der Waals surface area contributed by atoms with Crippen molar-refractivity contribution in [2.75, 3.05) is 0 Å². The van der Waals surface area contributed by atoms with E-state index < -0.39 is 0 Å². The van der Waals surface area contributed by atoms with E-state index in [1.54, 1.807) is 0 Å². The number of hydrogen-bond donors (Lipinski definition) is 0. The van der Waals surface area contributed by atoms with E-state index in [1.165, 1.54) is 37.7 Å². The van der Waals surface area contributed by atoms with Gasteiger partial charge in [-0.3, -0.25) is 0 Å². The maximum atomic E-state index is 3.92. The Hall–Kier alpha value is -0.520. The van der Waals surface area contributed by atoms with Crippen LogP contribution in [0.25, 0.3) is 0 Å². The highest BCUT2D eigenvalue weighted by Gasteiger charge is 2.08. The smallest absolute Gasteiger partial charge is 0.0144 e. The van der Waals surface area contributed by atoms with Gasteiger partial charge in [-0.25, -0.2) is 0 Å². The molecule has 0 aromatic carbocycles. The number of hydrogen-bond acceptors (Lipinski definition) is 0. The van der Waals surface area contributed by atoms with Crippen LogP contribution in [-0.4, -0.2) is 0 Å². The maximum Gasteiger partial charge on any atom is -0.0144 e. The standard InChI is InChI=1S/C16H30/c1-6-7-11-16(13-15(4)5)12-9-8-10-14(2)3/h8-9,15-16H,2,6-7,10-13H2,1,3-5H3. The Morgan fingerprint density at radius 2 is 1.94 bits per heavy atom. The molecule has 0 aliphatic heterocycles. The molecule has 94 valence electrons. The first kappa shape index (κ1) is 15.5. The molecule has 0 rings (SSSR count). The monoisotopic (exact) mass is 222 g/mol. The van der Waals surface area contributed by atoms with Gasteiger partial charge in [-0.05, 0) is 38.0 Å². The van der Waals surface area contributed by atoms with Crippen molar-refractivity contribution in [2.45, 2.75) is 66.2 Å². The van der Waals surface area contributed by atoms with Gasteiger partial charge in [0.1, 0.15) is 0 Å². The largest absolute Gasteiger partial charge is 0.0998 e. The molecule has 0 aromatic heterocycles. The molecule has 0 saturated heterocycles. The predicted molar refractivity (Wildman–Crippen MR) is 75.7 cm³/mol. The van der Waals surface area contributed by atoms with Crippen LogP contribution in [0, 0.1) is 11.8 Å². The topological polar surface area (TPSA) is 0 Å². The molecule has 1 atom stereocenters. The van der Waals surface area contributed by atoms with Gasteiger partial charge in [0, 0.05) is 0 Å². The van der Waals surface area contributed by atoms with Gasteiger partial charge in [0.05, 0.1) is 0 Å². The van der Waals surface area contributed by atoms with Crippen LogP contribution >= 0.6 is 0 Å². The molecule has 0 N–H and O–H groups in total. The number of rotatable bonds is 9. The van der Waals surface area contributed by atoms with Gasteiger partial charge in [0.2, 0.25) is 0 Å². The quantitative estimate of drug-likeness (QED) is 0.436. The molecular weight excluding hydrogens is 192 g/mol. The van der Waals surface area contributed by atoms with Crippen LogP contribution in [0.5, 0.6) is 0 Å². The Kier molecular flexibility index (Phi) is 9.37. The lowest BCUT2D eigenvalue weighted by molar-refractivity contribution is 0.379. The zero-order valence-corrected chi connectivity index (χ0v) is 11.8. The highest BCUT2D eigenvalue weighted by molar-refractivity contribution is 4.98. The zero-order chi connectivity index (χ0) is 12.4. The highest BCUT2D eigenvalue weighted by Crippen LogP contribution is 2.22. The Balaban J connectivity index is 3.89. The third-order valence-electron chi connectivity index (χ3n) is 2.87. The van der Waals surface area contributed by atoms with Crippen LogP contribution < -0.4 is 0 Å². The van der Waals surface area contributed by atoms with Crippen LogP contribution in [0.1, 0.15) is 66.2 Å². The molecule has 0 fully saturated rings. The Morgan fingerprint density at radius 1 is 1.25 bits per heavy atom. The molecule has 16 heavy (non-hydrogen) atoms. The molecule has 0 aliphatic carbocycles. The molecule has 0 amide bonds. The fourth-order valence-electron chi connectivity index (χ4n) is 2.06.